The number of rotatable bonds is 5. The topological polar surface area (TPSA) is 71.1 Å². The molecule has 3 rings (SSSR count). The molecule has 0 aliphatic rings. The van der Waals surface area contributed by atoms with Gasteiger partial charge in [0.2, 0.25) is 11.8 Å². The fourth-order valence-electron chi connectivity index (χ4n) is 2.35. The SMILES string of the molecule is CC(=O)Nc1cccc(NC(=O)Cc2csc(-c3ccccc3)n2)c1. The number of amides is 2. The van der Waals surface area contributed by atoms with Gasteiger partial charge in [0.05, 0.1) is 12.1 Å². The average Bonchev–Trinajstić information content (AvgIpc) is 3.03. The van der Waals surface area contributed by atoms with Gasteiger partial charge in [0, 0.05) is 29.2 Å². The Bertz CT molecular complexity index is 890. The monoisotopic (exact) mass is 351 g/mol. The van der Waals surface area contributed by atoms with E-state index < -0.39 is 0 Å². The number of thiazole rings is 1. The van der Waals surface area contributed by atoms with Gasteiger partial charge in [-0.25, -0.2) is 4.98 Å². The lowest BCUT2D eigenvalue weighted by Crippen LogP contribution is -2.15. The minimum absolute atomic E-state index is 0.148. The summed E-state index contributed by atoms with van der Waals surface area (Å²) in [7, 11) is 0. The first-order chi connectivity index (χ1) is 12.1. The van der Waals surface area contributed by atoms with Gasteiger partial charge in [-0.05, 0) is 18.2 Å². The molecular weight excluding hydrogens is 334 g/mol. The molecule has 1 aromatic heterocycles. The number of anilines is 2. The van der Waals surface area contributed by atoms with Crippen LogP contribution in [0.4, 0.5) is 11.4 Å². The molecule has 0 bridgehead atoms. The minimum Gasteiger partial charge on any atom is -0.326 e. The van der Waals surface area contributed by atoms with E-state index in [1.54, 1.807) is 24.3 Å². The molecule has 0 aliphatic heterocycles. The standard InChI is InChI=1S/C19H17N3O2S/c1-13(23)20-15-8-5-9-16(10-15)21-18(24)11-17-12-25-19(22-17)14-6-3-2-4-7-14/h2-10,12H,11H2,1H3,(H,20,23)(H,21,24). The van der Waals surface area contributed by atoms with Gasteiger partial charge in [0.15, 0.2) is 0 Å². The van der Waals surface area contributed by atoms with Crippen molar-refractivity contribution < 1.29 is 9.59 Å². The Kier molecular flexibility index (Phi) is 5.20. The molecule has 6 heteroatoms. The second kappa shape index (κ2) is 7.72. The van der Waals surface area contributed by atoms with Crippen molar-refractivity contribution in [3.63, 3.8) is 0 Å². The highest BCUT2D eigenvalue weighted by Crippen LogP contribution is 2.23. The molecular formula is C19H17N3O2S. The third-order valence-electron chi connectivity index (χ3n) is 3.38. The van der Waals surface area contributed by atoms with Crippen molar-refractivity contribution in [2.75, 3.05) is 10.6 Å². The van der Waals surface area contributed by atoms with Crippen LogP contribution in [-0.4, -0.2) is 16.8 Å². The normalized spacial score (nSPS) is 10.3. The number of hydrogen-bond acceptors (Lipinski definition) is 4. The molecule has 0 spiro atoms. The largest absolute Gasteiger partial charge is 0.326 e. The molecule has 0 unspecified atom stereocenters. The average molecular weight is 351 g/mol. The van der Waals surface area contributed by atoms with Crippen LogP contribution < -0.4 is 10.6 Å². The summed E-state index contributed by atoms with van der Waals surface area (Å²) >= 11 is 1.52. The smallest absolute Gasteiger partial charge is 0.230 e. The predicted molar refractivity (Wildman–Crippen MR) is 101 cm³/mol. The van der Waals surface area contributed by atoms with Crippen molar-refractivity contribution in [3.8, 4) is 10.6 Å². The second-order valence-electron chi connectivity index (χ2n) is 5.50. The van der Waals surface area contributed by atoms with E-state index in [0.717, 1.165) is 16.3 Å². The van der Waals surface area contributed by atoms with Crippen LogP contribution in [0.5, 0.6) is 0 Å². The van der Waals surface area contributed by atoms with E-state index in [1.165, 1.54) is 18.3 Å². The Morgan fingerprint density at radius 2 is 1.72 bits per heavy atom. The fraction of sp³-hybridized carbons (Fsp3) is 0.105. The fourth-order valence-corrected chi connectivity index (χ4v) is 3.17. The Labute approximate surface area is 149 Å². The van der Waals surface area contributed by atoms with Crippen LogP contribution in [0.3, 0.4) is 0 Å². The summed E-state index contributed by atoms with van der Waals surface area (Å²) in [5, 5.41) is 8.31. The summed E-state index contributed by atoms with van der Waals surface area (Å²) < 4.78 is 0. The lowest BCUT2D eigenvalue weighted by molar-refractivity contribution is -0.116. The first-order valence-corrected chi connectivity index (χ1v) is 8.65. The van der Waals surface area contributed by atoms with E-state index in [2.05, 4.69) is 15.6 Å². The number of hydrogen-bond donors (Lipinski definition) is 2. The van der Waals surface area contributed by atoms with Crippen LogP contribution in [0.25, 0.3) is 10.6 Å². The molecule has 5 nitrogen and oxygen atoms in total. The molecule has 1 heterocycles. The van der Waals surface area contributed by atoms with Gasteiger partial charge >= 0.3 is 0 Å². The van der Waals surface area contributed by atoms with Crippen LogP contribution in [0.1, 0.15) is 12.6 Å². The lowest BCUT2D eigenvalue weighted by Gasteiger charge is -2.07. The number of carbonyl (C=O) groups excluding carboxylic acids is 2. The third-order valence-corrected chi connectivity index (χ3v) is 4.32. The van der Waals surface area contributed by atoms with Crippen molar-refractivity contribution in [2.24, 2.45) is 0 Å². The lowest BCUT2D eigenvalue weighted by atomic mass is 10.2. The van der Waals surface area contributed by atoms with Gasteiger partial charge in [-0.1, -0.05) is 36.4 Å². The highest BCUT2D eigenvalue weighted by Gasteiger charge is 2.09. The Balaban J connectivity index is 1.63. The molecule has 0 radical (unpaired) electrons. The van der Waals surface area contributed by atoms with E-state index in [0.29, 0.717) is 11.4 Å². The molecule has 0 atom stereocenters. The van der Waals surface area contributed by atoms with Crippen LogP contribution in [0, 0.1) is 0 Å². The van der Waals surface area contributed by atoms with Crippen LogP contribution in [0.2, 0.25) is 0 Å². The molecule has 0 saturated carbocycles. The molecule has 0 fully saturated rings. The molecule has 2 amide bonds. The number of benzene rings is 2. The van der Waals surface area contributed by atoms with E-state index in [1.807, 2.05) is 35.7 Å². The van der Waals surface area contributed by atoms with Gasteiger partial charge in [0.25, 0.3) is 0 Å². The summed E-state index contributed by atoms with van der Waals surface area (Å²) in [4.78, 5) is 27.8. The van der Waals surface area contributed by atoms with Gasteiger partial charge in [-0.2, -0.15) is 0 Å². The zero-order chi connectivity index (χ0) is 17.6. The van der Waals surface area contributed by atoms with Crippen molar-refractivity contribution in [3.05, 3.63) is 65.7 Å². The first kappa shape index (κ1) is 16.9. The molecule has 0 saturated heterocycles. The van der Waals surface area contributed by atoms with E-state index in [-0.39, 0.29) is 18.2 Å². The Morgan fingerprint density at radius 1 is 1.00 bits per heavy atom. The Hall–Kier alpha value is -2.99. The quantitative estimate of drug-likeness (QED) is 0.731. The minimum atomic E-state index is -0.153. The number of nitrogens with zero attached hydrogens (tertiary/aromatic N) is 1. The second-order valence-corrected chi connectivity index (χ2v) is 6.36. The summed E-state index contributed by atoms with van der Waals surface area (Å²) in [5.74, 6) is -0.302. The molecule has 25 heavy (non-hydrogen) atoms. The molecule has 0 aliphatic carbocycles. The summed E-state index contributed by atoms with van der Waals surface area (Å²) in [5.41, 5.74) is 3.06. The Morgan fingerprint density at radius 3 is 2.44 bits per heavy atom. The molecule has 2 aromatic carbocycles. The number of nitrogens with one attached hydrogen (secondary N) is 2. The van der Waals surface area contributed by atoms with Crippen molar-refractivity contribution >= 4 is 34.5 Å². The third kappa shape index (κ3) is 4.74. The van der Waals surface area contributed by atoms with E-state index in [9.17, 15) is 9.59 Å². The highest BCUT2D eigenvalue weighted by molar-refractivity contribution is 7.13. The maximum Gasteiger partial charge on any atom is 0.230 e. The maximum atomic E-state index is 12.2. The molecule has 2 N–H and O–H groups in total. The molecule has 126 valence electrons. The summed E-state index contributed by atoms with van der Waals surface area (Å²) in [6.07, 6.45) is 0.202. The number of aromatic nitrogens is 1. The number of carbonyl (C=O) groups is 2. The maximum absolute atomic E-state index is 12.2. The van der Waals surface area contributed by atoms with Gasteiger partial charge in [0.1, 0.15) is 5.01 Å². The summed E-state index contributed by atoms with van der Waals surface area (Å²) in [6.45, 7) is 1.44. The van der Waals surface area contributed by atoms with Crippen molar-refractivity contribution in [2.45, 2.75) is 13.3 Å². The molecule has 3 aromatic rings. The first-order valence-electron chi connectivity index (χ1n) is 7.77. The van der Waals surface area contributed by atoms with Crippen molar-refractivity contribution in [1.29, 1.82) is 0 Å². The van der Waals surface area contributed by atoms with Gasteiger partial charge in [-0.3, -0.25) is 9.59 Å². The van der Waals surface area contributed by atoms with E-state index in [4.69, 9.17) is 0 Å². The van der Waals surface area contributed by atoms with Crippen molar-refractivity contribution in [1.82, 2.24) is 4.98 Å². The van der Waals surface area contributed by atoms with Crippen LogP contribution >= 0.6 is 11.3 Å². The highest BCUT2D eigenvalue weighted by atomic mass is 32.1. The van der Waals surface area contributed by atoms with Gasteiger partial charge < -0.3 is 10.6 Å². The zero-order valence-electron chi connectivity index (χ0n) is 13.7. The zero-order valence-corrected chi connectivity index (χ0v) is 14.5. The van der Waals surface area contributed by atoms with Crippen LogP contribution in [-0.2, 0) is 16.0 Å². The predicted octanol–water partition coefficient (Wildman–Crippen LogP) is 3.95. The van der Waals surface area contributed by atoms with Crippen LogP contribution in [0.15, 0.2) is 60.0 Å². The summed E-state index contributed by atoms with van der Waals surface area (Å²) in [6, 6.07) is 16.9. The van der Waals surface area contributed by atoms with Gasteiger partial charge in [-0.15, -0.1) is 11.3 Å². The van der Waals surface area contributed by atoms with E-state index >= 15 is 0 Å².